The highest BCUT2D eigenvalue weighted by Crippen LogP contribution is 2.41. The van der Waals surface area contributed by atoms with E-state index in [0.717, 1.165) is 21.3 Å². The summed E-state index contributed by atoms with van der Waals surface area (Å²) >= 11 is 4.99. The van der Waals surface area contributed by atoms with Crippen LogP contribution in [0.3, 0.4) is 0 Å². The van der Waals surface area contributed by atoms with Crippen LogP contribution in [0.4, 0.5) is 5.69 Å². The summed E-state index contributed by atoms with van der Waals surface area (Å²) < 4.78 is 7.32. The molecule has 0 aliphatic carbocycles. The summed E-state index contributed by atoms with van der Waals surface area (Å²) in [6.07, 6.45) is 1.56. The molecule has 0 saturated carbocycles. The van der Waals surface area contributed by atoms with Crippen molar-refractivity contribution in [2.75, 3.05) is 11.6 Å². The number of aromatic nitrogens is 3. The lowest BCUT2D eigenvalue weighted by Gasteiger charge is -2.23. The summed E-state index contributed by atoms with van der Waals surface area (Å²) in [4.78, 5) is 4.58. The molecule has 5 nitrogen and oxygen atoms in total. The Balaban J connectivity index is 1.92. The fourth-order valence-corrected chi connectivity index (χ4v) is 4.15. The Morgan fingerprint density at radius 3 is 2.52 bits per heavy atom. The Kier molecular flexibility index (Phi) is 4.82. The van der Waals surface area contributed by atoms with Crippen LogP contribution in [0.1, 0.15) is 28.5 Å². The standard InChI is InChI=1S/C20H19BrN4OS/c1-10-7-11(2)16(12(3)8-10)18-22-15-6-5-13(21)9-14(15)17-19(26-18)23-20(27-4)25-24-17/h5-9,18,22H,1-4H3/t18-/m0/s1. The molecule has 2 aromatic carbocycles. The third kappa shape index (κ3) is 3.41. The topological polar surface area (TPSA) is 59.9 Å². The zero-order valence-corrected chi connectivity index (χ0v) is 17.9. The van der Waals surface area contributed by atoms with Gasteiger partial charge in [0.25, 0.3) is 0 Å². The predicted octanol–water partition coefficient (Wildman–Crippen LogP) is 5.45. The number of aryl methyl sites for hydroxylation is 3. The summed E-state index contributed by atoms with van der Waals surface area (Å²) in [6.45, 7) is 6.33. The van der Waals surface area contributed by atoms with Crippen molar-refractivity contribution in [2.24, 2.45) is 0 Å². The number of thioether (sulfide) groups is 1. The lowest BCUT2D eigenvalue weighted by Crippen LogP contribution is -2.19. The van der Waals surface area contributed by atoms with Crippen LogP contribution in [-0.4, -0.2) is 21.4 Å². The lowest BCUT2D eigenvalue weighted by atomic mass is 9.98. The first-order chi connectivity index (χ1) is 13.0. The first-order valence-electron chi connectivity index (χ1n) is 8.56. The molecular weight excluding hydrogens is 424 g/mol. The molecule has 0 radical (unpaired) electrons. The normalized spacial score (nSPS) is 15.2. The average molecular weight is 443 g/mol. The van der Waals surface area contributed by atoms with Gasteiger partial charge in [0.1, 0.15) is 0 Å². The highest BCUT2D eigenvalue weighted by Gasteiger charge is 2.28. The molecule has 0 saturated heterocycles. The minimum atomic E-state index is -0.363. The minimum Gasteiger partial charge on any atom is -0.448 e. The van der Waals surface area contributed by atoms with Crippen LogP contribution in [0.2, 0.25) is 0 Å². The third-order valence-corrected chi connectivity index (χ3v) is 5.60. The molecule has 2 heterocycles. The van der Waals surface area contributed by atoms with Gasteiger partial charge < -0.3 is 10.1 Å². The van der Waals surface area contributed by atoms with Crippen molar-refractivity contribution in [2.45, 2.75) is 32.2 Å². The summed E-state index contributed by atoms with van der Waals surface area (Å²) in [5.74, 6) is 0.489. The van der Waals surface area contributed by atoms with Crippen LogP contribution in [-0.2, 0) is 0 Å². The molecule has 0 spiro atoms. The fraction of sp³-hybridized carbons (Fsp3) is 0.250. The van der Waals surface area contributed by atoms with Crippen LogP contribution >= 0.6 is 27.7 Å². The van der Waals surface area contributed by atoms with Crippen molar-refractivity contribution in [1.29, 1.82) is 0 Å². The molecular formula is C20H19BrN4OS. The van der Waals surface area contributed by atoms with E-state index < -0.39 is 0 Å². The van der Waals surface area contributed by atoms with Gasteiger partial charge >= 0.3 is 0 Å². The summed E-state index contributed by atoms with van der Waals surface area (Å²) in [7, 11) is 0. The minimum absolute atomic E-state index is 0.363. The van der Waals surface area contributed by atoms with Gasteiger partial charge in [-0.25, -0.2) is 0 Å². The molecule has 1 aliphatic heterocycles. The SMILES string of the molecule is CSc1nnc2c(n1)O[C@@H](c1c(C)cc(C)cc1C)Nc1ccc(Br)cc1-2. The number of hydrogen-bond acceptors (Lipinski definition) is 6. The molecule has 4 rings (SSSR count). The van der Waals surface area contributed by atoms with E-state index in [1.165, 1.54) is 28.5 Å². The molecule has 0 amide bonds. The van der Waals surface area contributed by atoms with E-state index in [-0.39, 0.29) is 6.23 Å². The molecule has 27 heavy (non-hydrogen) atoms. The second-order valence-corrected chi connectivity index (χ2v) is 8.29. The molecule has 0 bridgehead atoms. The van der Waals surface area contributed by atoms with E-state index in [2.05, 4.69) is 69.3 Å². The number of ether oxygens (including phenoxy) is 1. The second-order valence-electron chi connectivity index (χ2n) is 6.60. The number of fused-ring (bicyclic) bond motifs is 3. The van der Waals surface area contributed by atoms with Gasteiger partial charge in [0, 0.05) is 21.3 Å². The highest BCUT2D eigenvalue weighted by atomic mass is 79.9. The van der Waals surface area contributed by atoms with Crippen LogP contribution in [0.15, 0.2) is 40.0 Å². The number of hydrogen-bond donors (Lipinski definition) is 1. The summed E-state index contributed by atoms with van der Waals surface area (Å²) in [5, 5.41) is 12.7. The van der Waals surface area contributed by atoms with E-state index in [0.29, 0.717) is 16.7 Å². The van der Waals surface area contributed by atoms with Gasteiger partial charge in [0.05, 0.1) is 0 Å². The molecule has 138 valence electrons. The van der Waals surface area contributed by atoms with Crippen LogP contribution in [0.25, 0.3) is 11.3 Å². The average Bonchev–Trinajstić information content (AvgIpc) is 2.76. The van der Waals surface area contributed by atoms with Crippen molar-refractivity contribution < 1.29 is 4.74 Å². The molecule has 3 aromatic rings. The van der Waals surface area contributed by atoms with Gasteiger partial charge in [-0.2, -0.15) is 4.98 Å². The van der Waals surface area contributed by atoms with E-state index >= 15 is 0 Å². The van der Waals surface area contributed by atoms with Gasteiger partial charge in [-0.05, 0) is 56.4 Å². The number of halogens is 1. The smallest absolute Gasteiger partial charge is 0.247 e. The zero-order chi connectivity index (χ0) is 19.1. The quantitative estimate of drug-likeness (QED) is 0.532. The number of nitrogens with one attached hydrogen (secondary N) is 1. The number of nitrogens with zero attached hydrogens (tertiary/aromatic N) is 3. The third-order valence-electron chi connectivity index (χ3n) is 4.57. The molecule has 1 N–H and O–H groups in total. The van der Waals surface area contributed by atoms with E-state index in [9.17, 15) is 0 Å². The van der Waals surface area contributed by atoms with Gasteiger partial charge in [-0.1, -0.05) is 45.4 Å². The maximum Gasteiger partial charge on any atom is 0.247 e. The maximum absolute atomic E-state index is 6.36. The van der Waals surface area contributed by atoms with Gasteiger partial charge in [-0.3, -0.25) is 0 Å². The van der Waals surface area contributed by atoms with E-state index in [4.69, 9.17) is 4.74 Å². The summed E-state index contributed by atoms with van der Waals surface area (Å²) in [6, 6.07) is 10.4. The molecule has 1 atom stereocenters. The molecule has 0 fully saturated rings. The van der Waals surface area contributed by atoms with Crippen molar-refractivity contribution in [1.82, 2.24) is 15.2 Å². The monoisotopic (exact) mass is 442 g/mol. The first-order valence-corrected chi connectivity index (χ1v) is 10.6. The van der Waals surface area contributed by atoms with Gasteiger partial charge in [-0.15, -0.1) is 10.2 Å². The number of anilines is 1. The Labute approximate surface area is 171 Å². The van der Waals surface area contributed by atoms with Crippen LogP contribution in [0.5, 0.6) is 5.88 Å². The zero-order valence-electron chi connectivity index (χ0n) is 15.5. The fourth-order valence-electron chi connectivity index (χ4n) is 3.49. The lowest BCUT2D eigenvalue weighted by molar-refractivity contribution is 0.224. The largest absolute Gasteiger partial charge is 0.448 e. The second kappa shape index (κ2) is 7.13. The molecule has 1 aliphatic rings. The molecule has 0 unspecified atom stereocenters. The van der Waals surface area contributed by atoms with E-state index in [1.54, 1.807) is 0 Å². The van der Waals surface area contributed by atoms with Crippen molar-refractivity contribution in [3.8, 4) is 17.1 Å². The van der Waals surface area contributed by atoms with Crippen molar-refractivity contribution in [3.05, 3.63) is 57.1 Å². The van der Waals surface area contributed by atoms with Gasteiger partial charge in [0.15, 0.2) is 11.9 Å². The molecule has 7 heteroatoms. The number of benzene rings is 2. The molecule has 1 aromatic heterocycles. The van der Waals surface area contributed by atoms with Crippen molar-refractivity contribution >= 4 is 33.4 Å². The Hall–Kier alpha value is -2.12. The predicted molar refractivity (Wildman–Crippen MR) is 112 cm³/mol. The first kappa shape index (κ1) is 18.3. The van der Waals surface area contributed by atoms with Crippen LogP contribution < -0.4 is 10.1 Å². The number of rotatable bonds is 2. The van der Waals surface area contributed by atoms with Crippen molar-refractivity contribution in [3.63, 3.8) is 0 Å². The maximum atomic E-state index is 6.36. The summed E-state index contributed by atoms with van der Waals surface area (Å²) in [5.41, 5.74) is 7.21. The Morgan fingerprint density at radius 1 is 1.07 bits per heavy atom. The van der Waals surface area contributed by atoms with Crippen LogP contribution in [0, 0.1) is 20.8 Å². The van der Waals surface area contributed by atoms with E-state index in [1.807, 2.05) is 24.5 Å². The Morgan fingerprint density at radius 2 is 1.81 bits per heavy atom. The Bertz CT molecular complexity index is 1020. The highest BCUT2D eigenvalue weighted by molar-refractivity contribution is 9.10. The van der Waals surface area contributed by atoms with Gasteiger partial charge in [0.2, 0.25) is 11.0 Å².